The highest BCUT2D eigenvalue weighted by atomic mass is 35.5. The summed E-state index contributed by atoms with van der Waals surface area (Å²) in [6, 6.07) is 3.15. The number of halogens is 4. The van der Waals surface area contributed by atoms with E-state index in [1.165, 1.54) is 6.07 Å². The number of alkyl halides is 3. The van der Waals surface area contributed by atoms with Crippen molar-refractivity contribution in [2.45, 2.75) is 26.6 Å². The molecule has 0 fully saturated rings. The Labute approximate surface area is 119 Å². The molecule has 108 valence electrons. The van der Waals surface area contributed by atoms with E-state index < -0.39 is 11.7 Å². The standard InChI is InChI=1S/C13H13ClF3N3/c1-3-20-7-8(2)18-12(20)19-11-6-9(13(15,16)17)4-5-10(11)14/h4-7H,3H2,1-2H3,(H,18,19). The van der Waals surface area contributed by atoms with Crippen molar-refractivity contribution in [3.63, 3.8) is 0 Å². The van der Waals surface area contributed by atoms with Crippen LogP contribution in [0.3, 0.4) is 0 Å². The second kappa shape index (κ2) is 5.36. The van der Waals surface area contributed by atoms with Crippen LogP contribution < -0.4 is 5.32 Å². The molecule has 0 unspecified atom stereocenters. The van der Waals surface area contributed by atoms with E-state index in [1.807, 2.05) is 20.0 Å². The Hall–Kier alpha value is -1.69. The van der Waals surface area contributed by atoms with E-state index in [1.54, 1.807) is 4.57 Å². The van der Waals surface area contributed by atoms with Crippen LogP contribution in [0, 0.1) is 6.92 Å². The number of nitrogens with zero attached hydrogens (tertiary/aromatic N) is 2. The van der Waals surface area contributed by atoms with Crippen LogP contribution in [0.1, 0.15) is 18.2 Å². The third-order valence-electron chi connectivity index (χ3n) is 2.78. The summed E-state index contributed by atoms with van der Waals surface area (Å²) in [5.41, 5.74) is 0.204. The molecule has 0 aliphatic rings. The van der Waals surface area contributed by atoms with Gasteiger partial charge in [0.15, 0.2) is 0 Å². The van der Waals surface area contributed by atoms with Gasteiger partial charge in [-0.15, -0.1) is 0 Å². The van der Waals surface area contributed by atoms with Gasteiger partial charge < -0.3 is 9.88 Å². The Kier molecular flexibility index (Phi) is 3.94. The lowest BCUT2D eigenvalue weighted by Crippen LogP contribution is -2.07. The molecule has 7 heteroatoms. The van der Waals surface area contributed by atoms with E-state index in [2.05, 4.69) is 10.3 Å². The second-order valence-electron chi connectivity index (χ2n) is 4.31. The third kappa shape index (κ3) is 3.07. The van der Waals surface area contributed by atoms with Crippen LogP contribution in [-0.4, -0.2) is 9.55 Å². The minimum atomic E-state index is -4.41. The van der Waals surface area contributed by atoms with E-state index in [4.69, 9.17) is 11.6 Å². The second-order valence-corrected chi connectivity index (χ2v) is 4.72. The minimum absolute atomic E-state index is 0.182. The molecule has 1 aromatic carbocycles. The molecule has 3 nitrogen and oxygen atoms in total. The van der Waals surface area contributed by atoms with E-state index in [9.17, 15) is 13.2 Å². The molecule has 0 atom stereocenters. The fourth-order valence-electron chi connectivity index (χ4n) is 1.81. The van der Waals surface area contributed by atoms with Crippen LogP contribution in [0.2, 0.25) is 5.02 Å². The van der Waals surface area contributed by atoms with Crippen LogP contribution in [0.5, 0.6) is 0 Å². The maximum Gasteiger partial charge on any atom is 0.416 e. The van der Waals surface area contributed by atoms with Crippen molar-refractivity contribution in [2.24, 2.45) is 0 Å². The van der Waals surface area contributed by atoms with Gasteiger partial charge in [0.1, 0.15) is 0 Å². The zero-order chi connectivity index (χ0) is 14.9. The number of aryl methyl sites for hydroxylation is 2. The van der Waals surface area contributed by atoms with Crippen molar-refractivity contribution in [3.05, 3.63) is 40.7 Å². The molecular formula is C13H13ClF3N3. The van der Waals surface area contributed by atoms with Crippen molar-refractivity contribution in [3.8, 4) is 0 Å². The van der Waals surface area contributed by atoms with Gasteiger partial charge in [-0.2, -0.15) is 13.2 Å². The lowest BCUT2D eigenvalue weighted by atomic mass is 10.2. The number of rotatable bonds is 3. The average Bonchev–Trinajstić information content (AvgIpc) is 2.71. The zero-order valence-electron chi connectivity index (χ0n) is 10.9. The predicted molar refractivity (Wildman–Crippen MR) is 72.4 cm³/mol. The maximum absolute atomic E-state index is 12.7. The molecule has 0 spiro atoms. The fourth-order valence-corrected chi connectivity index (χ4v) is 1.97. The molecule has 0 saturated heterocycles. The summed E-state index contributed by atoms with van der Waals surface area (Å²) < 4.78 is 39.9. The quantitative estimate of drug-likeness (QED) is 0.896. The predicted octanol–water partition coefficient (Wildman–Crippen LogP) is 4.63. The highest BCUT2D eigenvalue weighted by molar-refractivity contribution is 6.33. The Balaban J connectivity index is 2.37. The van der Waals surface area contributed by atoms with Crippen LogP contribution in [-0.2, 0) is 12.7 Å². The molecule has 0 aliphatic carbocycles. The number of aromatic nitrogens is 2. The third-order valence-corrected chi connectivity index (χ3v) is 3.11. The van der Waals surface area contributed by atoms with Gasteiger partial charge in [0.2, 0.25) is 5.95 Å². The molecule has 1 N–H and O–H groups in total. The van der Waals surface area contributed by atoms with Gasteiger partial charge in [-0.1, -0.05) is 11.6 Å². The van der Waals surface area contributed by atoms with Crippen LogP contribution >= 0.6 is 11.6 Å². The first-order valence-corrected chi connectivity index (χ1v) is 6.36. The first-order chi connectivity index (χ1) is 9.31. The summed E-state index contributed by atoms with van der Waals surface area (Å²) >= 11 is 5.93. The summed E-state index contributed by atoms with van der Waals surface area (Å²) in [6.45, 7) is 4.38. The minimum Gasteiger partial charge on any atom is -0.324 e. The van der Waals surface area contributed by atoms with Crippen molar-refractivity contribution < 1.29 is 13.2 Å². The van der Waals surface area contributed by atoms with Gasteiger partial charge >= 0.3 is 6.18 Å². The van der Waals surface area contributed by atoms with Crippen molar-refractivity contribution in [2.75, 3.05) is 5.32 Å². The largest absolute Gasteiger partial charge is 0.416 e. The number of benzene rings is 1. The number of nitrogens with one attached hydrogen (secondary N) is 1. The molecule has 0 amide bonds. The summed E-state index contributed by atoms with van der Waals surface area (Å²) in [5.74, 6) is 0.464. The van der Waals surface area contributed by atoms with E-state index >= 15 is 0 Å². The van der Waals surface area contributed by atoms with Crippen molar-refractivity contribution in [1.29, 1.82) is 0 Å². The molecule has 1 heterocycles. The number of anilines is 2. The lowest BCUT2D eigenvalue weighted by Gasteiger charge is -2.12. The molecule has 0 radical (unpaired) electrons. The Morgan fingerprint density at radius 1 is 1.35 bits per heavy atom. The zero-order valence-corrected chi connectivity index (χ0v) is 11.7. The normalized spacial score (nSPS) is 11.7. The lowest BCUT2D eigenvalue weighted by molar-refractivity contribution is -0.137. The Bertz CT molecular complexity index is 620. The molecule has 2 rings (SSSR count). The fraction of sp³-hybridized carbons (Fsp3) is 0.308. The highest BCUT2D eigenvalue weighted by Gasteiger charge is 2.31. The van der Waals surface area contributed by atoms with Crippen LogP contribution in [0.4, 0.5) is 24.8 Å². The molecule has 1 aromatic heterocycles. The molecule has 0 saturated carbocycles. The molecule has 2 aromatic rings. The van der Waals surface area contributed by atoms with Crippen molar-refractivity contribution in [1.82, 2.24) is 9.55 Å². The smallest absolute Gasteiger partial charge is 0.324 e. The Morgan fingerprint density at radius 3 is 2.65 bits per heavy atom. The SMILES string of the molecule is CCn1cc(C)nc1Nc1cc(C(F)(F)F)ccc1Cl. The van der Waals surface area contributed by atoms with Gasteiger partial charge in [-0.05, 0) is 32.0 Å². The van der Waals surface area contributed by atoms with Crippen LogP contribution in [0.25, 0.3) is 0 Å². The molecule has 0 bridgehead atoms. The monoisotopic (exact) mass is 303 g/mol. The van der Waals surface area contributed by atoms with E-state index in [0.29, 0.717) is 12.5 Å². The van der Waals surface area contributed by atoms with Gasteiger partial charge in [0.05, 0.1) is 22.0 Å². The van der Waals surface area contributed by atoms with Gasteiger partial charge in [-0.3, -0.25) is 0 Å². The highest BCUT2D eigenvalue weighted by Crippen LogP contribution is 2.34. The summed E-state index contributed by atoms with van der Waals surface area (Å²) in [6.07, 6.45) is -2.60. The summed E-state index contributed by atoms with van der Waals surface area (Å²) in [7, 11) is 0. The molecular weight excluding hydrogens is 291 g/mol. The maximum atomic E-state index is 12.7. The van der Waals surface area contributed by atoms with E-state index in [0.717, 1.165) is 17.8 Å². The van der Waals surface area contributed by atoms with Gasteiger partial charge in [0.25, 0.3) is 0 Å². The van der Waals surface area contributed by atoms with Gasteiger partial charge in [-0.25, -0.2) is 4.98 Å². The number of hydrogen-bond donors (Lipinski definition) is 1. The number of hydrogen-bond acceptors (Lipinski definition) is 2. The first-order valence-electron chi connectivity index (χ1n) is 5.98. The average molecular weight is 304 g/mol. The Morgan fingerprint density at radius 2 is 2.05 bits per heavy atom. The topological polar surface area (TPSA) is 29.9 Å². The molecule has 20 heavy (non-hydrogen) atoms. The number of imidazole rings is 1. The summed E-state index contributed by atoms with van der Waals surface area (Å²) in [5, 5.41) is 3.05. The molecule has 0 aliphatic heterocycles. The first kappa shape index (κ1) is 14.7. The van der Waals surface area contributed by atoms with Gasteiger partial charge in [0, 0.05) is 12.7 Å². The van der Waals surface area contributed by atoms with E-state index in [-0.39, 0.29) is 10.7 Å². The summed E-state index contributed by atoms with van der Waals surface area (Å²) in [4.78, 5) is 4.22. The van der Waals surface area contributed by atoms with Crippen molar-refractivity contribution >= 4 is 23.2 Å². The van der Waals surface area contributed by atoms with Crippen LogP contribution in [0.15, 0.2) is 24.4 Å².